The van der Waals surface area contributed by atoms with Crippen LogP contribution in [0.25, 0.3) is 0 Å². The molecule has 0 aromatic carbocycles. The zero-order valence-electron chi connectivity index (χ0n) is 14.2. The van der Waals surface area contributed by atoms with Gasteiger partial charge in [0.15, 0.2) is 0 Å². The summed E-state index contributed by atoms with van der Waals surface area (Å²) in [5.74, 6) is 0.599. The molecule has 1 fully saturated rings. The molecule has 0 radical (unpaired) electrons. The molecule has 1 aromatic rings. The zero-order valence-corrected chi connectivity index (χ0v) is 14.2. The number of piperidine rings is 1. The highest BCUT2D eigenvalue weighted by molar-refractivity contribution is 5.68. The van der Waals surface area contributed by atoms with E-state index in [9.17, 15) is 9.90 Å². The minimum atomic E-state index is -0.452. The van der Waals surface area contributed by atoms with E-state index in [1.165, 1.54) is 6.20 Å². The van der Waals surface area contributed by atoms with E-state index < -0.39 is 5.60 Å². The molecule has 6 nitrogen and oxygen atoms in total. The van der Waals surface area contributed by atoms with Crippen molar-refractivity contribution in [3.8, 4) is 5.75 Å². The molecular weight excluding hydrogens is 294 g/mol. The Hall–Kier alpha value is -1.82. The predicted octanol–water partition coefficient (Wildman–Crippen LogP) is 2.52. The Bertz CT molecular complexity index is 511. The van der Waals surface area contributed by atoms with Crippen LogP contribution >= 0.6 is 0 Å². The molecule has 1 saturated heterocycles. The van der Waals surface area contributed by atoms with Crippen LogP contribution in [0.4, 0.5) is 4.79 Å². The van der Waals surface area contributed by atoms with Gasteiger partial charge in [0.1, 0.15) is 11.4 Å². The molecular formula is C17H27N3O3. The van der Waals surface area contributed by atoms with Gasteiger partial charge < -0.3 is 20.1 Å². The monoisotopic (exact) mass is 321 g/mol. The number of rotatable bonds is 4. The Morgan fingerprint density at radius 1 is 1.48 bits per heavy atom. The van der Waals surface area contributed by atoms with E-state index in [4.69, 9.17) is 4.74 Å². The quantitative estimate of drug-likeness (QED) is 0.891. The third-order valence-corrected chi connectivity index (χ3v) is 3.72. The first kappa shape index (κ1) is 17.5. The van der Waals surface area contributed by atoms with E-state index in [2.05, 4.69) is 10.3 Å². The van der Waals surface area contributed by atoms with Crippen molar-refractivity contribution in [1.29, 1.82) is 0 Å². The highest BCUT2D eigenvalue weighted by Crippen LogP contribution is 2.19. The van der Waals surface area contributed by atoms with Crippen molar-refractivity contribution in [2.45, 2.75) is 45.8 Å². The fraction of sp³-hybridized carbons (Fsp3) is 0.647. The van der Waals surface area contributed by atoms with Crippen LogP contribution in [0.15, 0.2) is 18.3 Å². The van der Waals surface area contributed by atoms with Crippen molar-refractivity contribution in [2.75, 3.05) is 19.6 Å². The number of aromatic nitrogens is 1. The number of likely N-dealkylation sites (tertiary alicyclic amines) is 1. The van der Waals surface area contributed by atoms with Crippen LogP contribution in [0.1, 0.15) is 39.3 Å². The molecule has 1 amide bonds. The standard InChI is InChI=1S/C17H27N3O3/c1-17(2,3)23-16(22)20-8-4-5-13(12-20)9-18-10-14-6-7-15(21)11-19-14/h6-7,11,13,18,21H,4-5,8-10,12H2,1-3H3. The number of ether oxygens (including phenoxy) is 1. The average molecular weight is 321 g/mol. The molecule has 1 atom stereocenters. The molecule has 2 heterocycles. The summed E-state index contributed by atoms with van der Waals surface area (Å²) >= 11 is 0. The van der Waals surface area contributed by atoms with Gasteiger partial charge in [-0.15, -0.1) is 0 Å². The largest absolute Gasteiger partial charge is 0.506 e. The van der Waals surface area contributed by atoms with E-state index in [1.807, 2.05) is 20.8 Å². The van der Waals surface area contributed by atoms with E-state index in [-0.39, 0.29) is 11.8 Å². The lowest BCUT2D eigenvalue weighted by atomic mass is 9.98. The first-order valence-electron chi connectivity index (χ1n) is 8.16. The smallest absolute Gasteiger partial charge is 0.410 e. The molecule has 0 aliphatic carbocycles. The summed E-state index contributed by atoms with van der Waals surface area (Å²) in [6.45, 7) is 8.65. The molecule has 2 N–H and O–H groups in total. The van der Waals surface area contributed by atoms with Crippen LogP contribution < -0.4 is 5.32 Å². The number of carbonyl (C=O) groups is 1. The van der Waals surface area contributed by atoms with Gasteiger partial charge in [0.25, 0.3) is 0 Å². The van der Waals surface area contributed by atoms with Gasteiger partial charge in [0, 0.05) is 26.2 Å². The Kier molecular flexibility index (Phi) is 5.82. The highest BCUT2D eigenvalue weighted by Gasteiger charge is 2.27. The molecule has 128 valence electrons. The van der Waals surface area contributed by atoms with Crippen molar-refractivity contribution in [3.63, 3.8) is 0 Å². The maximum Gasteiger partial charge on any atom is 0.410 e. The summed E-state index contributed by atoms with van der Waals surface area (Å²) in [6, 6.07) is 3.44. The van der Waals surface area contributed by atoms with Crippen LogP contribution in [-0.2, 0) is 11.3 Å². The van der Waals surface area contributed by atoms with Gasteiger partial charge in [-0.2, -0.15) is 0 Å². The van der Waals surface area contributed by atoms with Crippen molar-refractivity contribution in [1.82, 2.24) is 15.2 Å². The van der Waals surface area contributed by atoms with Gasteiger partial charge in [0.2, 0.25) is 0 Å². The van der Waals surface area contributed by atoms with Crippen LogP contribution in [0.3, 0.4) is 0 Å². The number of hydrogen-bond donors (Lipinski definition) is 2. The van der Waals surface area contributed by atoms with Gasteiger partial charge in [-0.05, 0) is 51.7 Å². The minimum Gasteiger partial charge on any atom is -0.506 e. The fourth-order valence-corrected chi connectivity index (χ4v) is 2.65. The van der Waals surface area contributed by atoms with Crippen molar-refractivity contribution >= 4 is 6.09 Å². The number of hydrogen-bond acceptors (Lipinski definition) is 5. The maximum absolute atomic E-state index is 12.1. The molecule has 0 spiro atoms. The first-order chi connectivity index (χ1) is 10.8. The third-order valence-electron chi connectivity index (χ3n) is 3.72. The number of pyridine rings is 1. The number of nitrogens with one attached hydrogen (secondary N) is 1. The molecule has 1 aromatic heterocycles. The van der Waals surface area contributed by atoms with E-state index in [0.29, 0.717) is 12.5 Å². The average Bonchev–Trinajstić information content (AvgIpc) is 2.48. The van der Waals surface area contributed by atoms with Gasteiger partial charge in [0.05, 0.1) is 11.9 Å². The number of amides is 1. The van der Waals surface area contributed by atoms with Gasteiger partial charge >= 0.3 is 6.09 Å². The van der Waals surface area contributed by atoms with Crippen LogP contribution in [-0.4, -0.2) is 46.3 Å². The Morgan fingerprint density at radius 3 is 2.91 bits per heavy atom. The van der Waals surface area contributed by atoms with Crippen molar-refractivity contribution < 1.29 is 14.6 Å². The third kappa shape index (κ3) is 6.06. The van der Waals surface area contributed by atoms with Crippen molar-refractivity contribution in [3.05, 3.63) is 24.0 Å². The van der Waals surface area contributed by atoms with Crippen LogP contribution in [0.2, 0.25) is 0 Å². The summed E-state index contributed by atoms with van der Waals surface area (Å²) in [6.07, 6.45) is 3.34. The molecule has 0 bridgehead atoms. The molecule has 1 aliphatic heterocycles. The second-order valence-electron chi connectivity index (χ2n) is 7.07. The Labute approximate surface area is 137 Å². The molecule has 1 aliphatic rings. The fourth-order valence-electron chi connectivity index (χ4n) is 2.65. The Morgan fingerprint density at radius 2 is 2.26 bits per heavy atom. The predicted molar refractivity (Wildman–Crippen MR) is 88.1 cm³/mol. The second-order valence-corrected chi connectivity index (χ2v) is 7.07. The van der Waals surface area contributed by atoms with Gasteiger partial charge in [-0.25, -0.2) is 4.79 Å². The molecule has 6 heteroatoms. The highest BCUT2D eigenvalue weighted by atomic mass is 16.6. The lowest BCUT2D eigenvalue weighted by Gasteiger charge is -2.34. The zero-order chi connectivity index (χ0) is 16.9. The maximum atomic E-state index is 12.1. The van der Waals surface area contributed by atoms with Gasteiger partial charge in [-0.1, -0.05) is 0 Å². The number of carbonyl (C=O) groups excluding carboxylic acids is 1. The van der Waals surface area contributed by atoms with Crippen LogP contribution in [0.5, 0.6) is 5.75 Å². The van der Waals surface area contributed by atoms with Gasteiger partial charge in [-0.3, -0.25) is 4.98 Å². The molecule has 23 heavy (non-hydrogen) atoms. The minimum absolute atomic E-state index is 0.175. The van der Waals surface area contributed by atoms with Crippen LogP contribution in [0, 0.1) is 5.92 Å². The summed E-state index contributed by atoms with van der Waals surface area (Å²) in [5.41, 5.74) is 0.440. The lowest BCUT2D eigenvalue weighted by molar-refractivity contribution is 0.0166. The Balaban J connectivity index is 1.75. The summed E-state index contributed by atoms with van der Waals surface area (Å²) in [7, 11) is 0. The topological polar surface area (TPSA) is 74.7 Å². The molecule has 0 saturated carbocycles. The molecule has 1 unspecified atom stereocenters. The van der Waals surface area contributed by atoms with E-state index >= 15 is 0 Å². The second kappa shape index (κ2) is 7.64. The summed E-state index contributed by atoms with van der Waals surface area (Å²) in [4.78, 5) is 18.1. The summed E-state index contributed by atoms with van der Waals surface area (Å²) in [5, 5.41) is 12.6. The molecule has 2 rings (SSSR count). The van der Waals surface area contributed by atoms with E-state index in [0.717, 1.165) is 38.2 Å². The first-order valence-corrected chi connectivity index (χ1v) is 8.16. The van der Waals surface area contributed by atoms with Crippen molar-refractivity contribution in [2.24, 2.45) is 5.92 Å². The van der Waals surface area contributed by atoms with E-state index in [1.54, 1.807) is 17.0 Å². The number of nitrogens with zero attached hydrogens (tertiary/aromatic N) is 2. The normalized spacial score (nSPS) is 18.7. The lowest BCUT2D eigenvalue weighted by Crippen LogP contribution is -2.45. The summed E-state index contributed by atoms with van der Waals surface area (Å²) < 4.78 is 5.44. The number of aromatic hydroxyl groups is 1. The SMILES string of the molecule is CC(C)(C)OC(=O)N1CCCC(CNCc2ccc(O)cn2)C1.